The van der Waals surface area contributed by atoms with Gasteiger partial charge in [-0.05, 0) is 54.5 Å². The minimum absolute atomic E-state index is 1.37. The van der Waals surface area contributed by atoms with Crippen LogP contribution in [-0.4, -0.2) is 0 Å². The molecule has 0 unspecified atom stereocenters. The highest BCUT2D eigenvalue weighted by Crippen LogP contribution is 2.30. The molecule has 1 heteroatoms. The maximum absolute atomic E-state index is 2.23. The lowest BCUT2D eigenvalue weighted by molar-refractivity contribution is 1.27. The van der Waals surface area contributed by atoms with Gasteiger partial charge in [0.1, 0.15) is 0 Å². The van der Waals surface area contributed by atoms with Crippen molar-refractivity contribution in [1.82, 2.24) is 0 Å². The van der Waals surface area contributed by atoms with Crippen LogP contribution in [0.25, 0.3) is 10.4 Å². The van der Waals surface area contributed by atoms with E-state index in [1.54, 1.807) is 11.3 Å². The highest BCUT2D eigenvalue weighted by Gasteiger charge is 2.05. The van der Waals surface area contributed by atoms with Crippen molar-refractivity contribution in [3.63, 3.8) is 0 Å². The summed E-state index contributed by atoms with van der Waals surface area (Å²) in [4.78, 5) is 1.37. The second-order valence-corrected chi connectivity index (χ2v) is 4.61. The first-order chi connectivity index (χ1) is 6.70. The van der Waals surface area contributed by atoms with Crippen LogP contribution in [0.1, 0.15) is 16.7 Å². The van der Waals surface area contributed by atoms with E-state index in [4.69, 9.17) is 0 Å². The maximum Gasteiger partial charge on any atom is 0.0345 e. The van der Waals surface area contributed by atoms with Crippen LogP contribution in [-0.2, 0) is 0 Å². The molecule has 0 N–H and O–H groups in total. The Balaban J connectivity index is 2.61. The Morgan fingerprint density at radius 3 is 2.36 bits per heavy atom. The number of benzene rings is 1. The van der Waals surface area contributed by atoms with Gasteiger partial charge in [0.05, 0.1) is 0 Å². The maximum atomic E-state index is 2.23. The van der Waals surface area contributed by atoms with Crippen LogP contribution in [0.3, 0.4) is 0 Å². The second kappa shape index (κ2) is 3.58. The Hall–Kier alpha value is -1.08. The van der Waals surface area contributed by atoms with E-state index in [1.807, 2.05) is 0 Å². The van der Waals surface area contributed by atoms with Crippen molar-refractivity contribution in [2.24, 2.45) is 0 Å². The van der Waals surface area contributed by atoms with E-state index in [0.717, 1.165) is 0 Å². The van der Waals surface area contributed by atoms with Crippen LogP contribution in [0.5, 0.6) is 0 Å². The highest BCUT2D eigenvalue weighted by molar-refractivity contribution is 7.13. The van der Waals surface area contributed by atoms with Gasteiger partial charge in [-0.2, -0.15) is 0 Å². The summed E-state index contributed by atoms with van der Waals surface area (Å²) < 4.78 is 0. The SMILES string of the molecule is Cc1ccc(-c2cccs2)c(C)c1C. The molecule has 14 heavy (non-hydrogen) atoms. The first-order valence-corrected chi connectivity index (χ1v) is 5.69. The van der Waals surface area contributed by atoms with Crippen LogP contribution in [0.4, 0.5) is 0 Å². The summed E-state index contributed by atoms with van der Waals surface area (Å²) in [7, 11) is 0. The molecule has 0 nitrogen and oxygen atoms in total. The summed E-state index contributed by atoms with van der Waals surface area (Å²) in [5.74, 6) is 0. The van der Waals surface area contributed by atoms with Gasteiger partial charge in [0.2, 0.25) is 0 Å². The molecule has 0 amide bonds. The summed E-state index contributed by atoms with van der Waals surface area (Å²) in [6.45, 7) is 6.57. The zero-order chi connectivity index (χ0) is 10.1. The summed E-state index contributed by atoms with van der Waals surface area (Å²) in [6.07, 6.45) is 0. The third kappa shape index (κ3) is 1.48. The van der Waals surface area contributed by atoms with Crippen molar-refractivity contribution in [3.05, 3.63) is 46.3 Å². The molecule has 0 saturated heterocycles. The predicted octanol–water partition coefficient (Wildman–Crippen LogP) is 4.34. The topological polar surface area (TPSA) is 0 Å². The monoisotopic (exact) mass is 202 g/mol. The van der Waals surface area contributed by atoms with Crippen molar-refractivity contribution >= 4 is 11.3 Å². The van der Waals surface area contributed by atoms with E-state index in [2.05, 4.69) is 50.4 Å². The van der Waals surface area contributed by atoms with Crippen LogP contribution < -0.4 is 0 Å². The molecule has 1 heterocycles. The minimum atomic E-state index is 1.37. The van der Waals surface area contributed by atoms with Gasteiger partial charge in [-0.15, -0.1) is 11.3 Å². The molecule has 0 atom stereocenters. The largest absolute Gasteiger partial charge is 0.144 e. The fraction of sp³-hybridized carbons (Fsp3) is 0.231. The molecule has 0 spiro atoms. The predicted molar refractivity (Wildman–Crippen MR) is 64.0 cm³/mol. The number of thiophene rings is 1. The van der Waals surface area contributed by atoms with Crippen LogP contribution in [0, 0.1) is 20.8 Å². The third-order valence-electron chi connectivity index (χ3n) is 2.84. The van der Waals surface area contributed by atoms with Gasteiger partial charge in [-0.25, -0.2) is 0 Å². The molecule has 0 aliphatic heterocycles. The quantitative estimate of drug-likeness (QED) is 0.645. The molecule has 2 rings (SSSR count). The third-order valence-corrected chi connectivity index (χ3v) is 3.75. The normalized spacial score (nSPS) is 10.5. The van der Waals surface area contributed by atoms with E-state index in [9.17, 15) is 0 Å². The number of rotatable bonds is 1. The minimum Gasteiger partial charge on any atom is -0.144 e. The smallest absolute Gasteiger partial charge is 0.0345 e. The van der Waals surface area contributed by atoms with Gasteiger partial charge in [-0.1, -0.05) is 18.2 Å². The molecule has 0 bridgehead atoms. The first kappa shape index (κ1) is 9.47. The van der Waals surface area contributed by atoms with Crippen LogP contribution >= 0.6 is 11.3 Å². The summed E-state index contributed by atoms with van der Waals surface area (Å²) in [6, 6.07) is 8.72. The van der Waals surface area contributed by atoms with Crippen LogP contribution in [0.2, 0.25) is 0 Å². The number of hydrogen-bond donors (Lipinski definition) is 0. The van der Waals surface area contributed by atoms with Crippen molar-refractivity contribution in [2.45, 2.75) is 20.8 Å². The van der Waals surface area contributed by atoms with Gasteiger partial charge in [-0.3, -0.25) is 0 Å². The van der Waals surface area contributed by atoms with Gasteiger partial charge in [0.15, 0.2) is 0 Å². The van der Waals surface area contributed by atoms with E-state index in [-0.39, 0.29) is 0 Å². The molecule has 0 fully saturated rings. The molecular weight excluding hydrogens is 188 g/mol. The Morgan fingerprint density at radius 2 is 1.71 bits per heavy atom. The van der Waals surface area contributed by atoms with E-state index in [0.29, 0.717) is 0 Å². The molecule has 72 valence electrons. The Labute approximate surface area is 89.2 Å². The van der Waals surface area contributed by atoms with E-state index < -0.39 is 0 Å². The standard InChI is InChI=1S/C13H14S/c1-9-6-7-12(11(3)10(9)2)13-5-4-8-14-13/h4-8H,1-3H3. The second-order valence-electron chi connectivity index (χ2n) is 3.66. The average Bonchev–Trinajstić information content (AvgIpc) is 2.67. The van der Waals surface area contributed by atoms with E-state index >= 15 is 0 Å². The van der Waals surface area contributed by atoms with E-state index in [1.165, 1.54) is 27.1 Å². The zero-order valence-corrected chi connectivity index (χ0v) is 9.61. The molecule has 0 aliphatic carbocycles. The Morgan fingerprint density at radius 1 is 0.929 bits per heavy atom. The molecule has 0 radical (unpaired) electrons. The molecule has 0 saturated carbocycles. The lowest BCUT2D eigenvalue weighted by atomic mass is 9.98. The van der Waals surface area contributed by atoms with Crippen LogP contribution in [0.15, 0.2) is 29.6 Å². The highest BCUT2D eigenvalue weighted by atomic mass is 32.1. The number of hydrogen-bond acceptors (Lipinski definition) is 1. The zero-order valence-electron chi connectivity index (χ0n) is 8.79. The van der Waals surface area contributed by atoms with Gasteiger partial charge in [0.25, 0.3) is 0 Å². The lowest BCUT2D eigenvalue weighted by Crippen LogP contribution is -1.88. The Bertz CT molecular complexity index is 439. The molecule has 1 aromatic carbocycles. The molecule has 1 aromatic heterocycles. The first-order valence-electron chi connectivity index (χ1n) is 4.81. The number of aryl methyl sites for hydroxylation is 1. The van der Waals surface area contributed by atoms with Gasteiger partial charge in [0, 0.05) is 4.88 Å². The van der Waals surface area contributed by atoms with Gasteiger partial charge < -0.3 is 0 Å². The molecular formula is C13H14S. The summed E-state index contributed by atoms with van der Waals surface area (Å²) >= 11 is 1.80. The van der Waals surface area contributed by atoms with Crippen molar-refractivity contribution in [3.8, 4) is 10.4 Å². The van der Waals surface area contributed by atoms with Gasteiger partial charge >= 0.3 is 0 Å². The average molecular weight is 202 g/mol. The van der Waals surface area contributed by atoms with Crippen molar-refractivity contribution in [2.75, 3.05) is 0 Å². The summed E-state index contributed by atoms with van der Waals surface area (Å²) in [5.41, 5.74) is 5.58. The Kier molecular flexibility index (Phi) is 2.42. The fourth-order valence-electron chi connectivity index (χ4n) is 1.65. The molecule has 2 aromatic rings. The molecule has 0 aliphatic rings. The fourth-order valence-corrected chi connectivity index (χ4v) is 2.46. The van der Waals surface area contributed by atoms with Crippen molar-refractivity contribution in [1.29, 1.82) is 0 Å². The summed E-state index contributed by atoms with van der Waals surface area (Å²) in [5, 5.41) is 2.13. The lowest BCUT2D eigenvalue weighted by Gasteiger charge is -2.09. The van der Waals surface area contributed by atoms with Crippen molar-refractivity contribution < 1.29 is 0 Å².